The lowest BCUT2D eigenvalue weighted by atomic mass is 9.91. The van der Waals surface area contributed by atoms with Gasteiger partial charge in [0.15, 0.2) is 5.78 Å². The van der Waals surface area contributed by atoms with E-state index in [0.29, 0.717) is 18.4 Å². The first-order valence-electron chi connectivity index (χ1n) is 6.38. The van der Waals surface area contributed by atoms with Crippen molar-refractivity contribution in [3.63, 3.8) is 0 Å². The van der Waals surface area contributed by atoms with Gasteiger partial charge in [-0.3, -0.25) is 9.59 Å². The molecule has 0 saturated heterocycles. The molecule has 0 amide bonds. The van der Waals surface area contributed by atoms with Crippen molar-refractivity contribution in [1.82, 2.24) is 0 Å². The summed E-state index contributed by atoms with van der Waals surface area (Å²) >= 11 is 0. The summed E-state index contributed by atoms with van der Waals surface area (Å²) in [5, 5.41) is 0. The third-order valence-corrected chi connectivity index (χ3v) is 3.11. The highest BCUT2D eigenvalue weighted by molar-refractivity contribution is 6.14. The summed E-state index contributed by atoms with van der Waals surface area (Å²) in [4.78, 5) is 23.4. The fraction of sp³-hybridized carbons (Fsp3) is 0.467. The van der Waals surface area contributed by atoms with Crippen molar-refractivity contribution in [2.75, 3.05) is 0 Å². The molecule has 1 aromatic carbocycles. The van der Waals surface area contributed by atoms with Crippen molar-refractivity contribution < 1.29 is 14.0 Å². The highest BCUT2D eigenvalue weighted by Crippen LogP contribution is 2.20. The van der Waals surface area contributed by atoms with E-state index in [0.717, 1.165) is 11.1 Å². The molecule has 98 valence electrons. The SMILES string of the molecule is CCC(=O)C(F)C(=O)c1c(CC)cccc1CC. The van der Waals surface area contributed by atoms with Gasteiger partial charge in [-0.2, -0.15) is 0 Å². The molecule has 0 bridgehead atoms. The first kappa shape index (κ1) is 14.6. The lowest BCUT2D eigenvalue weighted by Crippen LogP contribution is -2.27. The topological polar surface area (TPSA) is 34.1 Å². The van der Waals surface area contributed by atoms with Crippen LogP contribution < -0.4 is 0 Å². The second kappa shape index (κ2) is 6.43. The lowest BCUT2D eigenvalue weighted by molar-refractivity contribution is -0.121. The van der Waals surface area contributed by atoms with E-state index in [2.05, 4.69) is 0 Å². The largest absolute Gasteiger partial charge is 0.296 e. The second-order valence-electron chi connectivity index (χ2n) is 4.21. The van der Waals surface area contributed by atoms with Gasteiger partial charge in [-0.1, -0.05) is 39.0 Å². The normalized spacial score (nSPS) is 12.2. The number of carbonyl (C=O) groups excluding carboxylic acids is 2. The van der Waals surface area contributed by atoms with Crippen molar-refractivity contribution in [2.24, 2.45) is 0 Å². The van der Waals surface area contributed by atoms with Crippen molar-refractivity contribution in [3.05, 3.63) is 34.9 Å². The summed E-state index contributed by atoms with van der Waals surface area (Å²) < 4.78 is 13.8. The summed E-state index contributed by atoms with van der Waals surface area (Å²) in [6, 6.07) is 5.49. The number of benzene rings is 1. The van der Waals surface area contributed by atoms with Gasteiger partial charge in [-0.25, -0.2) is 4.39 Å². The van der Waals surface area contributed by atoms with E-state index >= 15 is 0 Å². The number of hydrogen-bond acceptors (Lipinski definition) is 2. The van der Waals surface area contributed by atoms with Gasteiger partial charge in [0.05, 0.1) is 0 Å². The molecule has 0 saturated carbocycles. The van der Waals surface area contributed by atoms with E-state index in [4.69, 9.17) is 0 Å². The van der Waals surface area contributed by atoms with E-state index in [1.54, 1.807) is 6.92 Å². The number of alkyl halides is 1. The zero-order valence-corrected chi connectivity index (χ0v) is 11.1. The fourth-order valence-corrected chi connectivity index (χ4v) is 2.01. The summed E-state index contributed by atoms with van der Waals surface area (Å²) in [5.41, 5.74) is 2.02. The minimum Gasteiger partial charge on any atom is -0.296 e. The van der Waals surface area contributed by atoms with Gasteiger partial charge in [-0.15, -0.1) is 0 Å². The molecule has 1 aromatic rings. The molecule has 0 aliphatic carbocycles. The van der Waals surface area contributed by atoms with Crippen LogP contribution in [0.1, 0.15) is 48.7 Å². The number of aryl methyl sites for hydroxylation is 2. The maximum Gasteiger partial charge on any atom is 0.220 e. The molecule has 0 aliphatic rings. The molecule has 2 nitrogen and oxygen atoms in total. The molecule has 0 N–H and O–H groups in total. The summed E-state index contributed by atoms with van der Waals surface area (Å²) in [5.74, 6) is -1.33. The van der Waals surface area contributed by atoms with E-state index in [1.807, 2.05) is 32.0 Å². The Kier molecular flexibility index (Phi) is 5.20. The fourth-order valence-electron chi connectivity index (χ4n) is 2.01. The third-order valence-electron chi connectivity index (χ3n) is 3.11. The zero-order valence-electron chi connectivity index (χ0n) is 11.1. The molecular formula is C15H19FO2. The summed E-state index contributed by atoms with van der Waals surface area (Å²) in [7, 11) is 0. The molecule has 1 unspecified atom stereocenters. The van der Waals surface area contributed by atoms with E-state index in [9.17, 15) is 14.0 Å². The van der Waals surface area contributed by atoms with Crippen molar-refractivity contribution >= 4 is 11.6 Å². The van der Waals surface area contributed by atoms with Crippen LogP contribution >= 0.6 is 0 Å². The van der Waals surface area contributed by atoms with Crippen molar-refractivity contribution in [1.29, 1.82) is 0 Å². The highest BCUT2D eigenvalue weighted by atomic mass is 19.1. The summed E-state index contributed by atoms with van der Waals surface area (Å²) in [6.07, 6.45) is -0.667. The quantitative estimate of drug-likeness (QED) is 0.573. The lowest BCUT2D eigenvalue weighted by Gasteiger charge is -2.13. The zero-order chi connectivity index (χ0) is 13.7. The van der Waals surface area contributed by atoms with Crippen LogP contribution in [0.2, 0.25) is 0 Å². The average Bonchev–Trinajstić information content (AvgIpc) is 2.43. The molecule has 0 fully saturated rings. The molecule has 3 heteroatoms. The number of ketones is 2. The molecule has 1 atom stereocenters. The molecule has 0 aliphatic heterocycles. The first-order valence-corrected chi connectivity index (χ1v) is 6.38. The van der Waals surface area contributed by atoms with Crippen molar-refractivity contribution in [2.45, 2.75) is 46.2 Å². The van der Waals surface area contributed by atoms with Gasteiger partial charge in [0, 0.05) is 12.0 Å². The monoisotopic (exact) mass is 250 g/mol. The Morgan fingerprint density at radius 3 is 2.00 bits per heavy atom. The first-order chi connectivity index (χ1) is 8.56. The maximum absolute atomic E-state index is 13.8. The number of halogens is 1. The molecular weight excluding hydrogens is 231 g/mol. The standard InChI is InChI=1S/C15H19FO2/c1-4-10-8-7-9-11(5-2)13(10)15(18)14(16)12(17)6-3/h7-9,14H,4-6H2,1-3H3. The molecule has 0 heterocycles. The number of Topliss-reactive ketones (excluding diaryl/α,β-unsaturated/α-hetero) is 2. The Balaban J connectivity index is 3.22. The van der Waals surface area contributed by atoms with Gasteiger partial charge in [0.25, 0.3) is 0 Å². The van der Waals surface area contributed by atoms with Gasteiger partial charge >= 0.3 is 0 Å². The highest BCUT2D eigenvalue weighted by Gasteiger charge is 2.28. The van der Waals surface area contributed by atoms with Crippen LogP contribution in [-0.2, 0) is 17.6 Å². The van der Waals surface area contributed by atoms with Crippen LogP contribution in [0.15, 0.2) is 18.2 Å². The average molecular weight is 250 g/mol. The van der Waals surface area contributed by atoms with Crippen LogP contribution in [-0.4, -0.2) is 17.7 Å². The molecule has 0 aromatic heterocycles. The molecule has 1 rings (SSSR count). The van der Waals surface area contributed by atoms with Crippen LogP contribution in [0.3, 0.4) is 0 Å². The Morgan fingerprint density at radius 1 is 1.11 bits per heavy atom. The Bertz CT molecular complexity index is 430. The summed E-state index contributed by atoms with van der Waals surface area (Å²) in [6.45, 7) is 5.40. The maximum atomic E-state index is 13.8. The van der Waals surface area contributed by atoms with Crippen LogP contribution in [0, 0.1) is 0 Å². The number of rotatable bonds is 6. The Hall–Kier alpha value is -1.51. The number of carbonyl (C=O) groups is 2. The van der Waals surface area contributed by atoms with Gasteiger partial charge in [0.2, 0.25) is 12.0 Å². The molecule has 0 radical (unpaired) electrons. The van der Waals surface area contributed by atoms with Gasteiger partial charge in [-0.05, 0) is 24.0 Å². The predicted octanol–water partition coefficient (Wildman–Crippen LogP) is 3.31. The molecule has 18 heavy (non-hydrogen) atoms. The molecule has 0 spiro atoms. The van der Waals surface area contributed by atoms with E-state index < -0.39 is 17.7 Å². The number of hydrogen-bond donors (Lipinski definition) is 0. The second-order valence-corrected chi connectivity index (χ2v) is 4.21. The van der Waals surface area contributed by atoms with Crippen LogP contribution in [0.5, 0.6) is 0 Å². The minimum absolute atomic E-state index is 0.0443. The minimum atomic E-state index is -2.02. The Morgan fingerprint density at radius 2 is 1.61 bits per heavy atom. The van der Waals surface area contributed by atoms with Crippen LogP contribution in [0.4, 0.5) is 4.39 Å². The van der Waals surface area contributed by atoms with Gasteiger partial charge in [0.1, 0.15) is 0 Å². The van der Waals surface area contributed by atoms with Crippen LogP contribution in [0.25, 0.3) is 0 Å². The van der Waals surface area contributed by atoms with Crippen molar-refractivity contribution in [3.8, 4) is 0 Å². The Labute approximate surface area is 107 Å². The van der Waals surface area contributed by atoms with Gasteiger partial charge < -0.3 is 0 Å². The van der Waals surface area contributed by atoms with E-state index in [1.165, 1.54) is 0 Å². The van der Waals surface area contributed by atoms with E-state index in [-0.39, 0.29) is 6.42 Å². The predicted molar refractivity (Wildman–Crippen MR) is 69.7 cm³/mol. The smallest absolute Gasteiger partial charge is 0.220 e. The third kappa shape index (κ3) is 2.84.